The molecule has 0 radical (unpaired) electrons. The van der Waals surface area contributed by atoms with Crippen LogP contribution in [0.1, 0.15) is 33.1 Å². The molecule has 2 aliphatic heterocycles. The maximum atomic E-state index is 3.44. The fourth-order valence-electron chi connectivity index (χ4n) is 2.98. The van der Waals surface area contributed by atoms with Crippen LogP contribution in [-0.4, -0.2) is 36.6 Å². The normalized spacial score (nSPS) is 38.3. The summed E-state index contributed by atoms with van der Waals surface area (Å²) in [6.45, 7) is 8.57. The summed E-state index contributed by atoms with van der Waals surface area (Å²) in [5, 5.41) is 3.44. The van der Waals surface area contributed by atoms with Crippen LogP contribution in [0, 0.1) is 5.92 Å². The Morgan fingerprint density at radius 1 is 1.15 bits per heavy atom. The molecule has 2 unspecified atom stereocenters. The summed E-state index contributed by atoms with van der Waals surface area (Å²) in [5.41, 5.74) is 0. The number of hydrogen-bond donors (Lipinski definition) is 1. The van der Waals surface area contributed by atoms with Crippen molar-refractivity contribution in [1.29, 1.82) is 0 Å². The van der Waals surface area contributed by atoms with E-state index >= 15 is 0 Å². The monoisotopic (exact) mass is 182 g/mol. The largest absolute Gasteiger partial charge is 0.317 e. The molecule has 2 heteroatoms. The van der Waals surface area contributed by atoms with Gasteiger partial charge in [0.1, 0.15) is 0 Å². The van der Waals surface area contributed by atoms with Gasteiger partial charge in [-0.1, -0.05) is 6.92 Å². The zero-order valence-electron chi connectivity index (χ0n) is 8.92. The van der Waals surface area contributed by atoms with Crippen molar-refractivity contribution in [2.45, 2.75) is 45.2 Å². The fraction of sp³-hybridized carbons (Fsp3) is 1.00. The predicted molar refractivity (Wildman–Crippen MR) is 55.8 cm³/mol. The lowest BCUT2D eigenvalue weighted by Crippen LogP contribution is -2.44. The summed E-state index contributed by atoms with van der Waals surface area (Å²) in [6.07, 6.45) is 4.12. The van der Waals surface area contributed by atoms with Crippen molar-refractivity contribution < 1.29 is 0 Å². The van der Waals surface area contributed by atoms with Gasteiger partial charge >= 0.3 is 0 Å². The van der Waals surface area contributed by atoms with Crippen molar-refractivity contribution in [2.75, 3.05) is 19.6 Å². The lowest BCUT2D eigenvalue weighted by molar-refractivity contribution is 0.154. The zero-order chi connectivity index (χ0) is 9.26. The molecule has 2 fully saturated rings. The minimum Gasteiger partial charge on any atom is -0.317 e. The summed E-state index contributed by atoms with van der Waals surface area (Å²) in [6, 6.07) is 1.71. The second kappa shape index (κ2) is 3.97. The number of nitrogens with zero attached hydrogens (tertiary/aromatic N) is 1. The molecule has 0 aromatic heterocycles. The van der Waals surface area contributed by atoms with Gasteiger partial charge in [0.25, 0.3) is 0 Å². The van der Waals surface area contributed by atoms with Gasteiger partial charge in [-0.2, -0.15) is 0 Å². The van der Waals surface area contributed by atoms with E-state index in [1.807, 2.05) is 0 Å². The molecule has 2 aliphatic rings. The molecule has 2 heterocycles. The minimum absolute atomic E-state index is 0.832. The van der Waals surface area contributed by atoms with Gasteiger partial charge in [-0.25, -0.2) is 0 Å². The molecule has 1 N–H and O–H groups in total. The molecule has 13 heavy (non-hydrogen) atoms. The van der Waals surface area contributed by atoms with Crippen LogP contribution in [0.15, 0.2) is 0 Å². The van der Waals surface area contributed by atoms with Gasteiger partial charge < -0.3 is 5.32 Å². The molecule has 2 nitrogen and oxygen atoms in total. The molecule has 0 spiro atoms. The lowest BCUT2D eigenvalue weighted by atomic mass is 10.0. The summed E-state index contributed by atoms with van der Waals surface area (Å²) in [7, 11) is 0. The average molecular weight is 182 g/mol. The van der Waals surface area contributed by atoms with Crippen LogP contribution in [-0.2, 0) is 0 Å². The van der Waals surface area contributed by atoms with E-state index in [9.17, 15) is 0 Å². The fourth-order valence-corrected chi connectivity index (χ4v) is 2.98. The standard InChI is InChI=1S/C11H22N2/c1-9-7-10(2)13(8-9)11-3-5-12-6-4-11/h9-12H,3-8H2,1-2H3. The summed E-state index contributed by atoms with van der Waals surface area (Å²) >= 11 is 0. The van der Waals surface area contributed by atoms with Crippen LogP contribution in [0.25, 0.3) is 0 Å². The van der Waals surface area contributed by atoms with Crippen LogP contribution in [0.2, 0.25) is 0 Å². The van der Waals surface area contributed by atoms with Crippen molar-refractivity contribution in [3.63, 3.8) is 0 Å². The smallest absolute Gasteiger partial charge is 0.0122 e. The second-order valence-electron chi connectivity index (χ2n) is 4.87. The molecule has 2 saturated heterocycles. The van der Waals surface area contributed by atoms with Gasteiger partial charge in [-0.3, -0.25) is 4.90 Å². The van der Waals surface area contributed by atoms with E-state index in [2.05, 4.69) is 24.1 Å². The molecule has 0 bridgehead atoms. The molecule has 0 aromatic rings. The SMILES string of the molecule is CC1CC(C)N(C2CCNCC2)C1. The van der Waals surface area contributed by atoms with E-state index in [-0.39, 0.29) is 0 Å². The van der Waals surface area contributed by atoms with E-state index < -0.39 is 0 Å². The van der Waals surface area contributed by atoms with Crippen LogP contribution in [0.4, 0.5) is 0 Å². The van der Waals surface area contributed by atoms with Crippen LogP contribution >= 0.6 is 0 Å². The third-order valence-corrected chi connectivity index (χ3v) is 3.61. The topological polar surface area (TPSA) is 15.3 Å². The molecular weight excluding hydrogens is 160 g/mol. The molecule has 0 amide bonds. The van der Waals surface area contributed by atoms with Gasteiger partial charge in [-0.15, -0.1) is 0 Å². The predicted octanol–water partition coefficient (Wildman–Crippen LogP) is 1.47. The first kappa shape index (κ1) is 9.47. The number of piperidine rings is 1. The van der Waals surface area contributed by atoms with Crippen molar-refractivity contribution in [3.8, 4) is 0 Å². The Morgan fingerprint density at radius 2 is 1.85 bits per heavy atom. The van der Waals surface area contributed by atoms with Crippen LogP contribution < -0.4 is 5.32 Å². The number of hydrogen-bond acceptors (Lipinski definition) is 2. The Morgan fingerprint density at radius 3 is 2.38 bits per heavy atom. The van der Waals surface area contributed by atoms with Crippen molar-refractivity contribution in [2.24, 2.45) is 5.92 Å². The zero-order valence-corrected chi connectivity index (χ0v) is 8.92. The first-order valence-electron chi connectivity index (χ1n) is 5.74. The Bertz CT molecular complexity index is 163. The van der Waals surface area contributed by atoms with Crippen molar-refractivity contribution in [1.82, 2.24) is 10.2 Å². The summed E-state index contributed by atoms with van der Waals surface area (Å²) in [4.78, 5) is 2.74. The van der Waals surface area contributed by atoms with Gasteiger partial charge in [0, 0.05) is 18.6 Å². The second-order valence-corrected chi connectivity index (χ2v) is 4.87. The quantitative estimate of drug-likeness (QED) is 0.660. The lowest BCUT2D eigenvalue weighted by Gasteiger charge is -2.34. The van der Waals surface area contributed by atoms with Crippen LogP contribution in [0.3, 0.4) is 0 Å². The summed E-state index contributed by atoms with van der Waals surface area (Å²) < 4.78 is 0. The third-order valence-electron chi connectivity index (χ3n) is 3.61. The minimum atomic E-state index is 0.832. The van der Waals surface area contributed by atoms with E-state index in [0.717, 1.165) is 18.0 Å². The highest BCUT2D eigenvalue weighted by molar-refractivity contribution is 4.87. The van der Waals surface area contributed by atoms with E-state index in [4.69, 9.17) is 0 Å². The Hall–Kier alpha value is -0.0800. The van der Waals surface area contributed by atoms with Crippen molar-refractivity contribution >= 4 is 0 Å². The first-order chi connectivity index (χ1) is 6.27. The number of nitrogens with one attached hydrogen (secondary N) is 1. The highest BCUT2D eigenvalue weighted by Crippen LogP contribution is 2.27. The maximum Gasteiger partial charge on any atom is 0.0122 e. The third kappa shape index (κ3) is 2.05. The first-order valence-corrected chi connectivity index (χ1v) is 5.74. The molecule has 0 saturated carbocycles. The van der Waals surface area contributed by atoms with E-state index in [1.165, 1.54) is 38.9 Å². The number of rotatable bonds is 1. The molecule has 2 rings (SSSR count). The van der Waals surface area contributed by atoms with Crippen molar-refractivity contribution in [3.05, 3.63) is 0 Å². The van der Waals surface area contributed by atoms with Gasteiger partial charge in [0.05, 0.1) is 0 Å². The Kier molecular flexibility index (Phi) is 2.89. The molecule has 76 valence electrons. The van der Waals surface area contributed by atoms with Gasteiger partial charge in [-0.05, 0) is 45.2 Å². The molecular formula is C11H22N2. The van der Waals surface area contributed by atoms with Gasteiger partial charge in [0.15, 0.2) is 0 Å². The highest BCUT2D eigenvalue weighted by Gasteiger charge is 2.31. The highest BCUT2D eigenvalue weighted by atomic mass is 15.2. The Balaban J connectivity index is 1.91. The Labute approximate surface area is 81.7 Å². The molecule has 0 aromatic carbocycles. The summed E-state index contributed by atoms with van der Waals surface area (Å²) in [5.74, 6) is 0.921. The average Bonchev–Trinajstić information content (AvgIpc) is 2.47. The van der Waals surface area contributed by atoms with Crippen LogP contribution in [0.5, 0.6) is 0 Å². The van der Waals surface area contributed by atoms with Gasteiger partial charge in [0.2, 0.25) is 0 Å². The van der Waals surface area contributed by atoms with E-state index in [1.54, 1.807) is 0 Å². The molecule has 2 atom stereocenters. The number of likely N-dealkylation sites (tertiary alicyclic amines) is 1. The maximum absolute atomic E-state index is 3.44. The molecule has 0 aliphatic carbocycles. The van der Waals surface area contributed by atoms with E-state index in [0.29, 0.717) is 0 Å².